The number of carbonyl (C=O) groups excluding carboxylic acids is 6. The summed E-state index contributed by atoms with van der Waals surface area (Å²) < 4.78 is 0.825. The van der Waals surface area contributed by atoms with E-state index in [1.54, 1.807) is 20.0 Å². The normalized spacial score (nSPS) is 22.2. The number of aromatic amines is 1. The molecule has 0 aliphatic carbocycles. The number of halogens is 1. The highest BCUT2D eigenvalue weighted by Gasteiger charge is 2.37. The van der Waals surface area contributed by atoms with E-state index in [-0.39, 0.29) is 50.5 Å². The number of hydrogen-bond acceptors (Lipinski definition) is 7. The number of H-pyrrole nitrogens is 1. The molecule has 1 aromatic heterocycles. The molecular formula is C46H65BrN8O8. The van der Waals surface area contributed by atoms with Crippen LogP contribution < -0.4 is 31.9 Å². The number of urea groups is 1. The average Bonchev–Trinajstić information content (AvgIpc) is 3.63. The van der Waals surface area contributed by atoms with Crippen molar-refractivity contribution in [2.24, 2.45) is 17.8 Å². The second kappa shape index (κ2) is 23.8. The van der Waals surface area contributed by atoms with Crippen molar-refractivity contribution in [2.75, 3.05) is 13.6 Å². The van der Waals surface area contributed by atoms with Crippen LogP contribution in [0.1, 0.15) is 91.2 Å². The number of fused-ring (bicyclic) bond motifs is 1. The highest BCUT2D eigenvalue weighted by atomic mass is 79.9. The molecule has 7 atom stereocenters. The Kier molecular flexibility index (Phi) is 19.0. The Labute approximate surface area is 378 Å². The van der Waals surface area contributed by atoms with E-state index in [0.29, 0.717) is 19.3 Å². The largest absolute Gasteiger partial charge is 0.480 e. The first-order valence-electron chi connectivity index (χ1n) is 21.9. The second-order valence-corrected chi connectivity index (χ2v) is 18.4. The van der Waals surface area contributed by atoms with E-state index in [2.05, 4.69) is 52.8 Å². The van der Waals surface area contributed by atoms with Crippen molar-refractivity contribution >= 4 is 68.4 Å². The van der Waals surface area contributed by atoms with Gasteiger partial charge in [0.25, 0.3) is 0 Å². The van der Waals surface area contributed by atoms with Gasteiger partial charge in [-0.15, -0.1) is 0 Å². The van der Waals surface area contributed by atoms with Crippen LogP contribution in [-0.2, 0) is 41.6 Å². The molecule has 0 radical (unpaired) electrons. The molecule has 4 rings (SSSR count). The highest BCUT2D eigenvalue weighted by molar-refractivity contribution is 9.10. The van der Waals surface area contributed by atoms with Crippen LogP contribution in [0.25, 0.3) is 10.9 Å². The number of aromatic nitrogens is 1. The third-order valence-electron chi connectivity index (χ3n) is 11.4. The fourth-order valence-electron chi connectivity index (χ4n) is 7.70. The lowest BCUT2D eigenvalue weighted by molar-refractivity contribution is -0.143. The summed E-state index contributed by atoms with van der Waals surface area (Å²) in [6, 6.07) is 7.30. The van der Waals surface area contributed by atoms with Gasteiger partial charge in [0.15, 0.2) is 0 Å². The van der Waals surface area contributed by atoms with Gasteiger partial charge in [0, 0.05) is 48.0 Å². The Morgan fingerprint density at radius 1 is 0.825 bits per heavy atom. The van der Waals surface area contributed by atoms with Crippen molar-refractivity contribution in [3.8, 4) is 0 Å². The molecule has 1 saturated heterocycles. The Balaban J connectivity index is 1.75. The van der Waals surface area contributed by atoms with E-state index in [4.69, 9.17) is 0 Å². The maximum Gasteiger partial charge on any atom is 0.326 e. The maximum absolute atomic E-state index is 14.7. The zero-order valence-electron chi connectivity index (χ0n) is 37.4. The number of carbonyl (C=O) groups is 7. The molecule has 0 saturated carbocycles. The molecule has 3 aromatic rings. The van der Waals surface area contributed by atoms with Gasteiger partial charge in [-0.05, 0) is 79.2 Å². The van der Waals surface area contributed by atoms with Gasteiger partial charge in [0.1, 0.15) is 36.3 Å². The number of nitrogens with one attached hydrogen (secondary N) is 7. The molecule has 8 N–H and O–H groups in total. The van der Waals surface area contributed by atoms with Gasteiger partial charge in [-0.25, -0.2) is 9.59 Å². The lowest BCUT2D eigenvalue weighted by atomic mass is 9.97. The van der Waals surface area contributed by atoms with Gasteiger partial charge in [-0.3, -0.25) is 24.0 Å². The number of amides is 7. The van der Waals surface area contributed by atoms with Crippen molar-refractivity contribution in [3.63, 3.8) is 0 Å². The molecule has 63 heavy (non-hydrogen) atoms. The predicted molar refractivity (Wildman–Crippen MR) is 244 cm³/mol. The zero-order chi connectivity index (χ0) is 46.4. The van der Waals surface area contributed by atoms with E-state index < -0.39 is 83.7 Å². The Hall–Kier alpha value is -5.45. The number of rotatable bonds is 13. The minimum Gasteiger partial charge on any atom is -0.480 e. The molecule has 0 spiro atoms. The number of benzene rings is 2. The topological polar surface area (TPSA) is 231 Å². The molecule has 1 aliphatic rings. The molecule has 7 amide bonds. The quantitative estimate of drug-likeness (QED) is 0.121. The summed E-state index contributed by atoms with van der Waals surface area (Å²) in [6.45, 7) is 11.2. The standard InChI is InChI=1S/C46H65BrN8O8/c1-8-28(6)39(45(61)62)54-46(63)53-34-16-12-13-19-48-40(56)36(22-29-14-10-9-11-15-29)51-43(59)38(23-30-25-49-33-18-17-31(47)24-32(30)33)55(7)44(60)37(21-27(4)5)52-42(58)35(20-26(2)3)50-41(34)57/h9-11,14-15,17-18,24-28,34-39,49H,8,12-13,16,19-23H2,1-7H3,(H,48,56)(H,50,57)(H,51,59)(H,52,58)(H,61,62)(H2,53,54,63)/t28-,34?,35?,36?,37-,38-,39-/m0/s1. The molecule has 2 aromatic carbocycles. The zero-order valence-corrected chi connectivity index (χ0v) is 39.0. The SMILES string of the molecule is CC[C@H](C)[C@H](NC(=O)NC1CCCCNC(=O)C(Cc2ccccc2)NC(=O)[C@H](Cc2c[nH]c3ccc(Br)cc23)N(C)C(=O)[C@H](CC(C)C)NC(=O)C(CC(C)C)NC1=O)C(=O)O. The van der Waals surface area contributed by atoms with Gasteiger partial charge in [-0.2, -0.15) is 0 Å². The van der Waals surface area contributed by atoms with Crippen LogP contribution in [-0.4, -0.2) is 106 Å². The summed E-state index contributed by atoms with van der Waals surface area (Å²) in [7, 11) is 1.51. The van der Waals surface area contributed by atoms with Gasteiger partial charge in [-0.1, -0.05) is 94.2 Å². The first-order valence-corrected chi connectivity index (χ1v) is 22.7. The first kappa shape index (κ1) is 50.2. The third-order valence-corrected chi connectivity index (χ3v) is 11.9. The molecule has 2 heterocycles. The molecule has 0 bridgehead atoms. The van der Waals surface area contributed by atoms with Crippen LogP contribution in [0.5, 0.6) is 0 Å². The minimum absolute atomic E-state index is 0.0745. The number of carboxylic acid groups (broad SMARTS) is 1. The number of aliphatic carboxylic acids is 1. The Morgan fingerprint density at radius 3 is 2.13 bits per heavy atom. The average molecular weight is 938 g/mol. The number of likely N-dealkylation sites (N-methyl/N-ethyl adjacent to an activating group) is 1. The lowest BCUT2D eigenvalue weighted by Gasteiger charge is -2.33. The monoisotopic (exact) mass is 936 g/mol. The van der Waals surface area contributed by atoms with Crippen molar-refractivity contribution in [2.45, 2.75) is 129 Å². The summed E-state index contributed by atoms with van der Waals surface area (Å²) in [4.78, 5) is 102. The third kappa shape index (κ3) is 14.8. The van der Waals surface area contributed by atoms with Crippen LogP contribution in [0.2, 0.25) is 0 Å². The number of carboxylic acids is 1. The van der Waals surface area contributed by atoms with E-state index in [0.717, 1.165) is 26.5 Å². The van der Waals surface area contributed by atoms with Crippen molar-refractivity contribution in [3.05, 3.63) is 70.3 Å². The molecule has 1 fully saturated rings. The van der Waals surface area contributed by atoms with E-state index in [1.807, 2.05) is 76.2 Å². The van der Waals surface area contributed by atoms with Crippen molar-refractivity contribution in [1.82, 2.24) is 41.8 Å². The second-order valence-electron chi connectivity index (χ2n) is 17.5. The number of nitrogens with zero attached hydrogens (tertiary/aromatic N) is 1. The fourth-order valence-corrected chi connectivity index (χ4v) is 8.06. The van der Waals surface area contributed by atoms with E-state index >= 15 is 0 Å². The maximum atomic E-state index is 14.7. The summed E-state index contributed by atoms with van der Waals surface area (Å²) in [5.41, 5.74) is 2.39. The van der Waals surface area contributed by atoms with E-state index in [1.165, 1.54) is 11.9 Å². The van der Waals surface area contributed by atoms with Crippen molar-refractivity contribution < 1.29 is 38.7 Å². The summed E-state index contributed by atoms with van der Waals surface area (Å²) >= 11 is 3.54. The molecule has 16 nitrogen and oxygen atoms in total. The van der Waals surface area contributed by atoms with Crippen LogP contribution >= 0.6 is 15.9 Å². The Morgan fingerprint density at radius 2 is 1.48 bits per heavy atom. The molecule has 17 heteroatoms. The molecule has 344 valence electrons. The lowest BCUT2D eigenvalue weighted by Crippen LogP contribution is -2.60. The molecule has 3 unspecified atom stereocenters. The summed E-state index contributed by atoms with van der Waals surface area (Å²) in [6.07, 6.45) is 3.69. The fraction of sp³-hybridized carbons (Fsp3) is 0.543. The van der Waals surface area contributed by atoms with Gasteiger partial charge in [0.2, 0.25) is 29.5 Å². The summed E-state index contributed by atoms with van der Waals surface area (Å²) in [5, 5.41) is 27.3. The molecular weight excluding hydrogens is 872 g/mol. The minimum atomic E-state index is -1.22. The Bertz CT molecular complexity index is 2060. The number of hydrogen-bond donors (Lipinski definition) is 8. The van der Waals surface area contributed by atoms with Crippen LogP contribution in [0.3, 0.4) is 0 Å². The van der Waals surface area contributed by atoms with Crippen LogP contribution in [0, 0.1) is 17.8 Å². The van der Waals surface area contributed by atoms with Gasteiger partial charge >= 0.3 is 12.0 Å². The van der Waals surface area contributed by atoms with Gasteiger partial charge < -0.3 is 46.9 Å². The predicted octanol–water partition coefficient (Wildman–Crippen LogP) is 4.56. The smallest absolute Gasteiger partial charge is 0.326 e. The highest BCUT2D eigenvalue weighted by Crippen LogP contribution is 2.25. The van der Waals surface area contributed by atoms with Crippen LogP contribution in [0.15, 0.2) is 59.2 Å². The summed E-state index contributed by atoms with van der Waals surface area (Å²) in [5.74, 6) is -4.62. The molecule has 1 aliphatic heterocycles. The van der Waals surface area contributed by atoms with Crippen LogP contribution in [0.4, 0.5) is 4.79 Å². The first-order chi connectivity index (χ1) is 29.9. The van der Waals surface area contributed by atoms with Crippen molar-refractivity contribution in [1.29, 1.82) is 0 Å². The van der Waals surface area contributed by atoms with Gasteiger partial charge in [0.05, 0.1) is 0 Å². The van der Waals surface area contributed by atoms with E-state index in [9.17, 15) is 38.7 Å².